The first-order valence-electron chi connectivity index (χ1n) is 22.7. The molecule has 1 aliphatic heterocycles. The van der Waals surface area contributed by atoms with Gasteiger partial charge in [0.05, 0.1) is 25.4 Å². The highest BCUT2D eigenvalue weighted by atomic mass is 32.3. The van der Waals surface area contributed by atoms with E-state index in [4.69, 9.17) is 14.0 Å². The number of carbonyl (C=O) groups excluding carboxylic acids is 1. The average molecular weight is 838 g/mol. The van der Waals surface area contributed by atoms with E-state index in [1.54, 1.807) is 0 Å². The minimum absolute atomic E-state index is 0.246. The Hall–Kier alpha value is -1.20. The third-order valence-electron chi connectivity index (χ3n) is 10.9. The number of hydrogen-bond acceptors (Lipinski definition) is 11. The summed E-state index contributed by atoms with van der Waals surface area (Å²) in [5.41, 5.74) is 0. The van der Waals surface area contributed by atoms with Crippen LogP contribution in [0.3, 0.4) is 0 Å². The number of nitrogens with one attached hydrogen (secondary N) is 1. The van der Waals surface area contributed by atoms with Crippen molar-refractivity contribution in [3.63, 3.8) is 0 Å². The monoisotopic (exact) mass is 838 g/mol. The lowest BCUT2D eigenvalue weighted by Crippen LogP contribution is -2.61. The summed E-state index contributed by atoms with van der Waals surface area (Å²) in [7, 11) is -5.11. The van der Waals surface area contributed by atoms with Crippen molar-refractivity contribution in [2.45, 2.75) is 243 Å². The number of aliphatic hydroxyl groups is 5. The number of aliphatic hydroxyl groups excluding tert-OH is 5. The molecule has 0 aliphatic carbocycles. The van der Waals surface area contributed by atoms with Crippen LogP contribution in [-0.4, -0.2) is 107 Å². The molecule has 1 saturated heterocycles. The SMILES string of the molecule is CCCC/C=C\CCCCCCC(O)C(=O)NC(COC1OC(CO)C(O)C(OS(=O)(=O)O)C1O)C(O)CCCCCCCCCCCCCCCCCCCC. The fraction of sp³-hybridized carbons (Fsp3) is 0.930. The first-order valence-corrected chi connectivity index (χ1v) is 24.0. The predicted octanol–water partition coefficient (Wildman–Crippen LogP) is 7.36. The number of ether oxygens (including phenoxy) is 2. The van der Waals surface area contributed by atoms with Crippen molar-refractivity contribution in [3.8, 4) is 0 Å². The highest BCUT2D eigenvalue weighted by molar-refractivity contribution is 7.80. The normalized spacial score (nSPS) is 21.9. The van der Waals surface area contributed by atoms with Crippen molar-refractivity contribution in [1.29, 1.82) is 0 Å². The molecule has 13 nitrogen and oxygen atoms in total. The Kier molecular flexibility index (Phi) is 32.6. The molecule has 57 heavy (non-hydrogen) atoms. The van der Waals surface area contributed by atoms with E-state index >= 15 is 0 Å². The van der Waals surface area contributed by atoms with Crippen LogP contribution in [0.15, 0.2) is 12.2 Å². The smallest absolute Gasteiger partial charge is 0.394 e. The standard InChI is InChI=1S/C43H83NO12S/c1-3-5-7-9-11-13-15-16-17-18-19-20-21-22-24-25-27-29-31-36(46)35(44-42(50)37(47)32-30-28-26-23-14-12-10-8-6-4-2)34-54-43-40(49)41(56-57(51,52)53)39(48)38(33-45)55-43/h10,12,35-41,43,45-49H,3-9,11,13-34H2,1-2H3,(H,44,50)(H,51,52,53)/b12-10-. The molecule has 8 unspecified atom stereocenters. The zero-order valence-corrected chi connectivity index (χ0v) is 36.3. The average Bonchev–Trinajstić information content (AvgIpc) is 3.18. The molecule has 0 aromatic heterocycles. The maximum atomic E-state index is 13.1. The van der Waals surface area contributed by atoms with Gasteiger partial charge in [-0.2, -0.15) is 8.42 Å². The van der Waals surface area contributed by atoms with Crippen molar-refractivity contribution in [1.82, 2.24) is 5.32 Å². The topological polar surface area (TPSA) is 212 Å². The van der Waals surface area contributed by atoms with Crippen LogP contribution in [0.5, 0.6) is 0 Å². The van der Waals surface area contributed by atoms with Crippen LogP contribution in [0.25, 0.3) is 0 Å². The number of amides is 1. The summed E-state index contributed by atoms with van der Waals surface area (Å²) < 4.78 is 47.5. The molecule has 1 fully saturated rings. The van der Waals surface area contributed by atoms with Gasteiger partial charge in [-0.3, -0.25) is 9.35 Å². The van der Waals surface area contributed by atoms with Gasteiger partial charge in [-0.15, -0.1) is 0 Å². The number of carbonyl (C=O) groups is 1. The van der Waals surface area contributed by atoms with Crippen LogP contribution >= 0.6 is 0 Å². The summed E-state index contributed by atoms with van der Waals surface area (Å²) in [5.74, 6) is -0.680. The fourth-order valence-electron chi connectivity index (χ4n) is 7.27. The molecular formula is C43H83NO12S. The lowest BCUT2D eigenvalue weighted by atomic mass is 9.99. The molecule has 7 N–H and O–H groups in total. The Bertz CT molecular complexity index is 1100. The van der Waals surface area contributed by atoms with E-state index in [1.165, 1.54) is 103 Å². The fourth-order valence-corrected chi connectivity index (χ4v) is 7.78. The molecule has 1 aliphatic rings. The van der Waals surface area contributed by atoms with Crippen molar-refractivity contribution in [3.05, 3.63) is 12.2 Å². The number of hydrogen-bond donors (Lipinski definition) is 7. The Morgan fingerprint density at radius 1 is 0.684 bits per heavy atom. The Balaban J connectivity index is 2.55. The molecule has 0 saturated carbocycles. The van der Waals surface area contributed by atoms with Crippen LogP contribution in [0.1, 0.15) is 194 Å². The van der Waals surface area contributed by atoms with Gasteiger partial charge >= 0.3 is 10.4 Å². The molecule has 0 bridgehead atoms. The van der Waals surface area contributed by atoms with Gasteiger partial charge in [0.15, 0.2) is 6.29 Å². The molecule has 0 radical (unpaired) electrons. The van der Waals surface area contributed by atoms with E-state index in [9.17, 15) is 38.7 Å². The van der Waals surface area contributed by atoms with Crippen LogP contribution in [0, 0.1) is 0 Å². The summed E-state index contributed by atoms with van der Waals surface area (Å²) in [6.45, 7) is 3.22. The molecule has 14 heteroatoms. The van der Waals surface area contributed by atoms with Crippen LogP contribution in [0.4, 0.5) is 0 Å². The maximum Gasteiger partial charge on any atom is 0.397 e. The van der Waals surface area contributed by atoms with Gasteiger partial charge in [-0.05, 0) is 32.1 Å². The summed E-state index contributed by atoms with van der Waals surface area (Å²) in [4.78, 5) is 13.1. The van der Waals surface area contributed by atoms with Crippen molar-refractivity contribution in [2.75, 3.05) is 13.2 Å². The van der Waals surface area contributed by atoms with Gasteiger partial charge in [0.25, 0.3) is 0 Å². The van der Waals surface area contributed by atoms with Gasteiger partial charge in [0, 0.05) is 0 Å². The van der Waals surface area contributed by atoms with E-state index in [0.717, 1.165) is 51.4 Å². The summed E-state index contributed by atoms with van der Waals surface area (Å²) in [5, 5.41) is 55.2. The van der Waals surface area contributed by atoms with E-state index in [-0.39, 0.29) is 6.42 Å². The molecular weight excluding hydrogens is 755 g/mol. The zero-order chi connectivity index (χ0) is 42.2. The Morgan fingerprint density at radius 3 is 1.63 bits per heavy atom. The summed E-state index contributed by atoms with van der Waals surface area (Å²) in [6, 6.07) is -1.03. The quantitative estimate of drug-likeness (QED) is 0.0185. The molecule has 0 aromatic rings. The highest BCUT2D eigenvalue weighted by Gasteiger charge is 2.48. The molecule has 0 aromatic carbocycles. The van der Waals surface area contributed by atoms with Crippen LogP contribution in [0.2, 0.25) is 0 Å². The minimum atomic E-state index is -5.11. The Morgan fingerprint density at radius 2 is 1.14 bits per heavy atom. The van der Waals surface area contributed by atoms with Crippen LogP contribution in [-0.2, 0) is 28.9 Å². The maximum absolute atomic E-state index is 13.1. The third-order valence-corrected chi connectivity index (χ3v) is 11.4. The molecule has 1 amide bonds. The highest BCUT2D eigenvalue weighted by Crippen LogP contribution is 2.26. The number of allylic oxidation sites excluding steroid dienone is 2. The molecule has 1 rings (SSSR count). The lowest BCUT2D eigenvalue weighted by Gasteiger charge is -2.41. The second-order valence-electron chi connectivity index (χ2n) is 16.1. The van der Waals surface area contributed by atoms with E-state index in [1.807, 2.05) is 0 Å². The summed E-state index contributed by atoms with van der Waals surface area (Å²) >= 11 is 0. The zero-order valence-electron chi connectivity index (χ0n) is 35.5. The van der Waals surface area contributed by atoms with Crippen molar-refractivity contribution in [2.24, 2.45) is 0 Å². The summed E-state index contributed by atoms with van der Waals surface area (Å²) in [6.07, 6.45) is 24.1. The van der Waals surface area contributed by atoms with Gasteiger partial charge in [-0.25, -0.2) is 4.18 Å². The van der Waals surface area contributed by atoms with Crippen molar-refractivity contribution < 1.29 is 57.0 Å². The first-order chi connectivity index (χ1) is 27.4. The van der Waals surface area contributed by atoms with Gasteiger partial charge < -0.3 is 40.3 Å². The lowest BCUT2D eigenvalue weighted by molar-refractivity contribution is -0.298. The number of unbranched alkanes of at least 4 members (excludes halogenated alkanes) is 23. The first kappa shape index (κ1) is 53.8. The van der Waals surface area contributed by atoms with E-state index in [2.05, 4.69) is 35.5 Å². The minimum Gasteiger partial charge on any atom is -0.394 e. The Labute approximate surface area is 345 Å². The number of rotatable bonds is 38. The van der Waals surface area contributed by atoms with Gasteiger partial charge in [-0.1, -0.05) is 174 Å². The second-order valence-corrected chi connectivity index (χ2v) is 17.2. The van der Waals surface area contributed by atoms with Crippen LogP contribution < -0.4 is 5.32 Å². The third kappa shape index (κ3) is 27.3. The molecule has 0 spiro atoms. The molecule has 8 atom stereocenters. The molecule has 1 heterocycles. The van der Waals surface area contributed by atoms with Crippen molar-refractivity contribution >= 4 is 16.3 Å². The van der Waals surface area contributed by atoms with E-state index < -0.39 is 78.5 Å². The van der Waals surface area contributed by atoms with Gasteiger partial charge in [0.1, 0.15) is 30.5 Å². The van der Waals surface area contributed by atoms with Gasteiger partial charge in [0.2, 0.25) is 5.91 Å². The second kappa shape index (κ2) is 34.5. The molecule has 338 valence electrons. The predicted molar refractivity (Wildman–Crippen MR) is 224 cm³/mol. The van der Waals surface area contributed by atoms with E-state index in [0.29, 0.717) is 19.3 Å². The largest absolute Gasteiger partial charge is 0.397 e.